The molecule has 0 saturated carbocycles. The fourth-order valence-electron chi connectivity index (χ4n) is 3.02. The predicted octanol–water partition coefficient (Wildman–Crippen LogP) is 4.91. The molecule has 31 heavy (non-hydrogen) atoms. The van der Waals surface area contributed by atoms with E-state index < -0.39 is 36.0 Å². The van der Waals surface area contributed by atoms with Gasteiger partial charge in [-0.25, -0.2) is 13.6 Å². The molecule has 2 aromatic carbocycles. The molecule has 0 atom stereocenters. The van der Waals surface area contributed by atoms with Crippen LogP contribution < -0.4 is 5.32 Å². The van der Waals surface area contributed by atoms with Crippen molar-refractivity contribution in [1.29, 1.82) is 0 Å². The molecule has 8 heteroatoms. The average Bonchev–Trinajstić information content (AvgIpc) is 2.90. The number of rotatable bonds is 6. The van der Waals surface area contributed by atoms with E-state index in [2.05, 4.69) is 5.32 Å². The molecule has 0 aliphatic carbocycles. The van der Waals surface area contributed by atoms with Crippen molar-refractivity contribution in [1.82, 2.24) is 5.32 Å². The van der Waals surface area contributed by atoms with Crippen molar-refractivity contribution in [3.63, 3.8) is 0 Å². The molecule has 1 N–H and O–H groups in total. The lowest BCUT2D eigenvalue weighted by molar-refractivity contribution is 0.00578. The molecule has 3 rings (SSSR count). The van der Waals surface area contributed by atoms with E-state index in [1.165, 1.54) is 12.1 Å². The fraction of sp³-hybridized carbons (Fsp3) is 0.348. The Morgan fingerprint density at radius 1 is 1.03 bits per heavy atom. The van der Waals surface area contributed by atoms with Crippen LogP contribution in [0.2, 0.25) is 0 Å². The van der Waals surface area contributed by atoms with Gasteiger partial charge in [-0.3, -0.25) is 0 Å². The van der Waals surface area contributed by atoms with Crippen LogP contribution >= 0.6 is 0 Å². The van der Waals surface area contributed by atoms with E-state index >= 15 is 0 Å². The monoisotopic (exact) mass is 429 g/mol. The summed E-state index contributed by atoms with van der Waals surface area (Å²) >= 11 is 0. The highest BCUT2D eigenvalue weighted by Crippen LogP contribution is 2.38. The Kier molecular flexibility index (Phi) is 6.82. The van der Waals surface area contributed by atoms with Gasteiger partial charge >= 0.3 is 13.2 Å². The van der Waals surface area contributed by atoms with Gasteiger partial charge in [0, 0.05) is 12.6 Å². The number of nitrogens with one attached hydrogen (secondary N) is 1. The lowest BCUT2D eigenvalue weighted by Crippen LogP contribution is -2.41. The lowest BCUT2D eigenvalue weighted by Gasteiger charge is -2.32. The Labute approximate surface area is 181 Å². The molecule has 1 aliphatic heterocycles. The molecule has 0 aromatic heterocycles. The normalized spacial score (nSPS) is 17.5. The minimum absolute atomic E-state index is 0.0165. The molecule has 5 nitrogen and oxygen atoms in total. The highest BCUT2D eigenvalue weighted by Gasteiger charge is 2.52. The van der Waals surface area contributed by atoms with E-state index in [4.69, 9.17) is 14.0 Å². The summed E-state index contributed by atoms with van der Waals surface area (Å²) in [5.74, 6) is -1.40. The minimum atomic E-state index is -0.800. The van der Waals surface area contributed by atoms with Crippen LogP contribution in [0, 0.1) is 11.6 Å². The van der Waals surface area contributed by atoms with E-state index in [0.717, 1.165) is 11.6 Å². The second-order valence-electron chi connectivity index (χ2n) is 8.43. The first-order chi connectivity index (χ1) is 14.6. The number of alkyl carbamates (subject to hydrolysis) is 1. The second kappa shape index (κ2) is 9.20. The van der Waals surface area contributed by atoms with Crippen molar-refractivity contribution in [2.45, 2.75) is 45.5 Å². The van der Waals surface area contributed by atoms with Crippen molar-refractivity contribution < 1.29 is 27.6 Å². The number of benzene rings is 2. The van der Waals surface area contributed by atoms with Crippen molar-refractivity contribution >= 4 is 19.3 Å². The third-order valence-corrected chi connectivity index (χ3v) is 5.44. The van der Waals surface area contributed by atoms with Gasteiger partial charge in [0.1, 0.15) is 18.2 Å². The quantitative estimate of drug-likeness (QED) is 0.664. The Morgan fingerprint density at radius 2 is 1.61 bits per heavy atom. The average molecular weight is 429 g/mol. The number of hydrogen-bond donors (Lipinski definition) is 1. The van der Waals surface area contributed by atoms with Crippen LogP contribution in [0.5, 0.6) is 0 Å². The van der Waals surface area contributed by atoms with Gasteiger partial charge < -0.3 is 19.4 Å². The number of carbonyl (C=O) groups is 1. The topological polar surface area (TPSA) is 56.8 Å². The highest BCUT2D eigenvalue weighted by atomic mass is 19.1. The zero-order valence-electron chi connectivity index (χ0n) is 18.1. The smallest absolute Gasteiger partial charge is 0.445 e. The summed E-state index contributed by atoms with van der Waals surface area (Å²) in [5, 5.41) is 2.66. The first kappa shape index (κ1) is 23.0. The second-order valence-corrected chi connectivity index (χ2v) is 8.43. The van der Waals surface area contributed by atoms with Crippen molar-refractivity contribution in [3.05, 3.63) is 76.8 Å². The van der Waals surface area contributed by atoms with Gasteiger partial charge in [-0.1, -0.05) is 36.4 Å². The summed E-state index contributed by atoms with van der Waals surface area (Å²) in [7, 11) is -0.800. The van der Waals surface area contributed by atoms with Crippen LogP contribution in [-0.4, -0.2) is 31.0 Å². The van der Waals surface area contributed by atoms with E-state index in [-0.39, 0.29) is 13.2 Å². The van der Waals surface area contributed by atoms with Crippen molar-refractivity contribution in [2.75, 3.05) is 6.54 Å². The summed E-state index contributed by atoms with van der Waals surface area (Å²) in [4.78, 5) is 12.2. The maximum absolute atomic E-state index is 13.7. The molecule has 0 bridgehead atoms. The van der Waals surface area contributed by atoms with Crippen LogP contribution in [0.15, 0.2) is 54.0 Å². The Balaban J connectivity index is 1.74. The van der Waals surface area contributed by atoms with Gasteiger partial charge in [-0.05, 0) is 56.4 Å². The lowest BCUT2D eigenvalue weighted by atomic mass is 9.77. The molecule has 164 valence electrons. The Hall–Kier alpha value is -2.71. The van der Waals surface area contributed by atoms with Crippen LogP contribution in [-0.2, 0) is 20.7 Å². The summed E-state index contributed by atoms with van der Waals surface area (Å²) in [6.07, 6.45) is 0.919. The molecule has 1 saturated heterocycles. The third-order valence-electron chi connectivity index (χ3n) is 5.44. The molecule has 2 aromatic rings. The SMILES string of the molecule is CC1(C)OB(C(=Cc2cc(F)cc(F)c2)CNC(=O)OCc2ccccc2)OC1(C)C. The van der Waals surface area contributed by atoms with E-state index in [9.17, 15) is 13.6 Å². The molecule has 1 fully saturated rings. The molecule has 1 heterocycles. The van der Waals surface area contributed by atoms with Crippen LogP contribution in [0.3, 0.4) is 0 Å². The zero-order valence-corrected chi connectivity index (χ0v) is 18.1. The van der Waals surface area contributed by atoms with Crippen molar-refractivity contribution in [3.8, 4) is 0 Å². The van der Waals surface area contributed by atoms with E-state index in [1.54, 1.807) is 6.08 Å². The standard InChI is InChI=1S/C23H26BF2NO4/c1-22(2)23(3,4)31-24(30-22)18(10-17-11-19(25)13-20(26)12-17)14-27-21(28)29-15-16-8-6-5-7-9-16/h5-13H,14-15H2,1-4H3,(H,27,28). The van der Waals surface area contributed by atoms with Crippen molar-refractivity contribution in [2.24, 2.45) is 0 Å². The zero-order chi connectivity index (χ0) is 22.6. The molecule has 1 amide bonds. The van der Waals surface area contributed by atoms with Gasteiger partial charge in [-0.2, -0.15) is 0 Å². The molecule has 0 spiro atoms. The summed E-state index contributed by atoms with van der Waals surface area (Å²) in [6, 6.07) is 12.5. The molecule has 1 aliphatic rings. The summed E-state index contributed by atoms with van der Waals surface area (Å²) < 4.78 is 44.6. The predicted molar refractivity (Wildman–Crippen MR) is 115 cm³/mol. The first-order valence-electron chi connectivity index (χ1n) is 10.0. The summed E-state index contributed by atoms with van der Waals surface area (Å²) in [5.41, 5.74) is 0.423. The maximum atomic E-state index is 13.7. The van der Waals surface area contributed by atoms with Gasteiger partial charge in [0.25, 0.3) is 0 Å². The summed E-state index contributed by atoms with van der Waals surface area (Å²) in [6.45, 7) is 7.73. The van der Waals surface area contributed by atoms with Crippen LogP contribution in [0.25, 0.3) is 6.08 Å². The molecular formula is C23H26BF2NO4. The highest BCUT2D eigenvalue weighted by molar-refractivity contribution is 6.56. The first-order valence-corrected chi connectivity index (χ1v) is 10.0. The Morgan fingerprint density at radius 3 is 2.19 bits per heavy atom. The van der Waals surface area contributed by atoms with Crippen LogP contribution in [0.4, 0.5) is 13.6 Å². The molecule has 0 unspecified atom stereocenters. The van der Waals surface area contributed by atoms with Crippen LogP contribution in [0.1, 0.15) is 38.8 Å². The van der Waals surface area contributed by atoms with Gasteiger partial charge in [0.15, 0.2) is 0 Å². The Bertz CT molecular complexity index is 927. The van der Waals surface area contributed by atoms with Gasteiger partial charge in [-0.15, -0.1) is 0 Å². The minimum Gasteiger partial charge on any atom is -0.445 e. The van der Waals surface area contributed by atoms with E-state index in [1.807, 2.05) is 58.0 Å². The number of carbonyl (C=O) groups excluding carboxylic acids is 1. The number of halogens is 2. The maximum Gasteiger partial charge on any atom is 0.492 e. The third kappa shape index (κ3) is 5.92. The number of hydrogen-bond acceptors (Lipinski definition) is 4. The van der Waals surface area contributed by atoms with E-state index in [0.29, 0.717) is 11.0 Å². The molecule has 0 radical (unpaired) electrons. The molecular weight excluding hydrogens is 403 g/mol. The number of ether oxygens (including phenoxy) is 1. The van der Waals surface area contributed by atoms with Gasteiger partial charge in [0.05, 0.1) is 11.2 Å². The number of amides is 1. The largest absolute Gasteiger partial charge is 0.492 e. The fourth-order valence-corrected chi connectivity index (χ4v) is 3.02. The van der Waals surface area contributed by atoms with Gasteiger partial charge in [0.2, 0.25) is 0 Å².